The Morgan fingerprint density at radius 2 is 1.70 bits per heavy atom. The van der Waals surface area contributed by atoms with Crippen molar-refractivity contribution in [2.45, 2.75) is 18.8 Å². The summed E-state index contributed by atoms with van der Waals surface area (Å²) in [4.78, 5) is 31.0. The van der Waals surface area contributed by atoms with E-state index in [1.54, 1.807) is 54.6 Å². The molecule has 1 unspecified atom stereocenters. The van der Waals surface area contributed by atoms with Gasteiger partial charge in [-0.1, -0.05) is 30.3 Å². The number of carbonyl (C=O) groups is 2. The molecule has 11 heteroatoms. The zero-order valence-electron chi connectivity index (χ0n) is 22.5. The average molecular weight is 567 g/mol. The fraction of sp³-hybridized carbons (Fsp3) is 0.276. The molecule has 4 rings (SSSR count). The third-order valence-corrected chi connectivity index (χ3v) is 7.67. The van der Waals surface area contributed by atoms with E-state index in [2.05, 4.69) is 5.32 Å². The molecule has 1 heterocycles. The lowest BCUT2D eigenvalue weighted by Crippen LogP contribution is -2.32. The van der Waals surface area contributed by atoms with Gasteiger partial charge in [0, 0.05) is 12.2 Å². The van der Waals surface area contributed by atoms with Gasteiger partial charge in [-0.2, -0.15) is 0 Å². The first-order valence-electron chi connectivity index (χ1n) is 12.6. The number of halogens is 1. The molecule has 3 aromatic rings. The number of carboxylic acid groups (broad SMARTS) is 1. The number of fused-ring (bicyclic) bond motifs is 1. The van der Waals surface area contributed by atoms with Crippen LogP contribution in [-0.4, -0.2) is 69.5 Å². The van der Waals surface area contributed by atoms with E-state index in [-0.39, 0.29) is 12.3 Å². The molecule has 0 radical (unpaired) electrons. The van der Waals surface area contributed by atoms with Gasteiger partial charge in [0.2, 0.25) is 15.9 Å². The van der Waals surface area contributed by atoms with Crippen molar-refractivity contribution in [3.05, 3.63) is 89.2 Å². The third kappa shape index (κ3) is 6.91. The highest BCUT2D eigenvalue weighted by atomic mass is 32.2. The van der Waals surface area contributed by atoms with E-state index < -0.39 is 27.7 Å². The second-order valence-electron chi connectivity index (χ2n) is 9.93. The van der Waals surface area contributed by atoms with Crippen LogP contribution in [0.2, 0.25) is 0 Å². The monoisotopic (exact) mass is 566 g/mol. The lowest BCUT2D eigenvalue weighted by molar-refractivity contribution is -0.136. The number of nitrogens with one attached hydrogen (secondary N) is 1. The van der Waals surface area contributed by atoms with Gasteiger partial charge < -0.3 is 15.3 Å². The number of rotatable bonds is 11. The second-order valence-corrected chi connectivity index (χ2v) is 11.8. The Hall–Kier alpha value is -4.09. The highest BCUT2D eigenvalue weighted by Gasteiger charge is 2.35. The number of aliphatic carboxylic acids is 1. The molecule has 1 amide bonds. The van der Waals surface area contributed by atoms with Crippen LogP contribution in [0.25, 0.3) is 0 Å². The molecule has 0 spiro atoms. The molecule has 1 atom stereocenters. The van der Waals surface area contributed by atoms with Crippen molar-refractivity contribution in [3.8, 4) is 0 Å². The third-order valence-electron chi connectivity index (χ3n) is 6.48. The molecule has 1 aliphatic heterocycles. The van der Waals surface area contributed by atoms with Gasteiger partial charge in [-0.25, -0.2) is 12.8 Å². The van der Waals surface area contributed by atoms with E-state index in [0.29, 0.717) is 52.4 Å². The minimum Gasteiger partial charge on any atom is -0.481 e. The Morgan fingerprint density at radius 1 is 1.02 bits per heavy atom. The molecule has 2 N–H and O–H groups in total. The first kappa shape index (κ1) is 28.9. The first-order chi connectivity index (χ1) is 18.9. The number of nitrogens with zero attached hydrogens (tertiary/aromatic N) is 3. The fourth-order valence-electron chi connectivity index (χ4n) is 4.62. The summed E-state index contributed by atoms with van der Waals surface area (Å²) in [5.41, 5.74) is 3.49. The number of aliphatic imine (C=N–C) groups is 1. The van der Waals surface area contributed by atoms with Crippen LogP contribution in [0.3, 0.4) is 0 Å². The van der Waals surface area contributed by atoms with Crippen LogP contribution in [0, 0.1) is 5.82 Å². The van der Waals surface area contributed by atoms with Gasteiger partial charge >= 0.3 is 5.97 Å². The maximum Gasteiger partial charge on any atom is 0.307 e. The van der Waals surface area contributed by atoms with Crippen molar-refractivity contribution in [1.82, 2.24) is 4.90 Å². The summed E-state index contributed by atoms with van der Waals surface area (Å²) in [6.45, 7) is 1.06. The van der Waals surface area contributed by atoms with Crippen molar-refractivity contribution in [3.63, 3.8) is 0 Å². The molecule has 0 aromatic heterocycles. The number of sulfonamides is 1. The Morgan fingerprint density at radius 3 is 2.30 bits per heavy atom. The standard InChI is InChI=1S/C29H31FN4O5S/c1-33(2)15-4-16-34(40(3,38)39)23-12-10-22(11-13-23)31-28(20-7-5-19(6-8-20)17-26(35)36)27-24-14-9-21(30)18-25(24)32-29(27)37/h5-14,18,27H,4,15-17H2,1-3H3,(H,32,37)(H,35,36). The lowest BCUT2D eigenvalue weighted by atomic mass is 9.90. The van der Waals surface area contributed by atoms with Gasteiger partial charge in [0.25, 0.3) is 0 Å². The summed E-state index contributed by atoms with van der Waals surface area (Å²) >= 11 is 0. The summed E-state index contributed by atoms with van der Waals surface area (Å²) in [6, 6.07) is 17.5. The summed E-state index contributed by atoms with van der Waals surface area (Å²) in [5, 5.41) is 11.8. The number of amides is 1. The van der Waals surface area contributed by atoms with Crippen LogP contribution in [0.15, 0.2) is 71.7 Å². The minimum atomic E-state index is -3.51. The summed E-state index contributed by atoms with van der Waals surface area (Å²) in [5.74, 6) is -2.64. The van der Waals surface area contributed by atoms with Crippen molar-refractivity contribution in [1.29, 1.82) is 0 Å². The highest BCUT2D eigenvalue weighted by Crippen LogP contribution is 2.37. The number of hydrogen-bond donors (Lipinski definition) is 2. The number of benzene rings is 3. The second kappa shape index (κ2) is 12.0. The van der Waals surface area contributed by atoms with Gasteiger partial charge in [0.1, 0.15) is 11.7 Å². The Kier molecular flexibility index (Phi) is 8.65. The molecule has 0 saturated carbocycles. The van der Waals surface area contributed by atoms with Crippen LogP contribution >= 0.6 is 0 Å². The van der Waals surface area contributed by atoms with Gasteiger partial charge in [0.05, 0.1) is 29.8 Å². The predicted octanol–water partition coefficient (Wildman–Crippen LogP) is 4.03. The highest BCUT2D eigenvalue weighted by molar-refractivity contribution is 7.92. The summed E-state index contributed by atoms with van der Waals surface area (Å²) < 4.78 is 40.2. The van der Waals surface area contributed by atoms with E-state index in [1.807, 2.05) is 19.0 Å². The van der Waals surface area contributed by atoms with E-state index in [9.17, 15) is 22.4 Å². The summed E-state index contributed by atoms with van der Waals surface area (Å²) in [7, 11) is 0.339. The lowest BCUT2D eigenvalue weighted by Gasteiger charge is -2.23. The van der Waals surface area contributed by atoms with Gasteiger partial charge in [-0.15, -0.1) is 0 Å². The zero-order chi connectivity index (χ0) is 29.0. The van der Waals surface area contributed by atoms with Crippen LogP contribution in [0.1, 0.15) is 29.0 Å². The molecule has 210 valence electrons. The summed E-state index contributed by atoms with van der Waals surface area (Å²) in [6.07, 6.45) is 1.67. The van der Waals surface area contributed by atoms with Crippen molar-refractivity contribution < 1.29 is 27.5 Å². The van der Waals surface area contributed by atoms with Crippen molar-refractivity contribution in [2.75, 3.05) is 43.1 Å². The molecule has 0 aliphatic carbocycles. The van der Waals surface area contributed by atoms with Gasteiger partial charge in [-0.05, 0) is 80.1 Å². The quantitative estimate of drug-likeness (QED) is 0.339. The SMILES string of the molecule is CN(C)CCCN(c1ccc(N=C(c2ccc(CC(=O)O)cc2)C2C(=O)Nc3cc(F)ccc32)cc1)S(C)(=O)=O. The van der Waals surface area contributed by atoms with Crippen LogP contribution < -0.4 is 9.62 Å². The largest absolute Gasteiger partial charge is 0.481 e. The molecule has 3 aromatic carbocycles. The molecular formula is C29H31FN4O5S. The van der Waals surface area contributed by atoms with E-state index in [4.69, 9.17) is 10.1 Å². The molecule has 0 bridgehead atoms. The van der Waals surface area contributed by atoms with Crippen LogP contribution in [0.4, 0.5) is 21.5 Å². The van der Waals surface area contributed by atoms with Crippen molar-refractivity contribution >= 4 is 44.7 Å². The Labute approximate surface area is 233 Å². The smallest absolute Gasteiger partial charge is 0.307 e. The maximum absolute atomic E-state index is 13.9. The first-order valence-corrected chi connectivity index (χ1v) is 14.5. The Balaban J connectivity index is 1.73. The number of hydrogen-bond acceptors (Lipinski definition) is 6. The average Bonchev–Trinajstić information content (AvgIpc) is 3.19. The fourth-order valence-corrected chi connectivity index (χ4v) is 5.58. The Bertz CT molecular complexity index is 1540. The number of carboxylic acids is 1. The van der Waals surface area contributed by atoms with Crippen molar-refractivity contribution in [2.24, 2.45) is 4.99 Å². The van der Waals surface area contributed by atoms with E-state index >= 15 is 0 Å². The molecule has 9 nitrogen and oxygen atoms in total. The predicted molar refractivity (Wildman–Crippen MR) is 154 cm³/mol. The number of carbonyl (C=O) groups excluding carboxylic acids is 1. The van der Waals surface area contributed by atoms with E-state index in [0.717, 1.165) is 6.54 Å². The van der Waals surface area contributed by atoms with Gasteiger partial charge in [0.15, 0.2) is 0 Å². The van der Waals surface area contributed by atoms with Gasteiger partial charge in [-0.3, -0.25) is 18.9 Å². The number of anilines is 2. The molecule has 40 heavy (non-hydrogen) atoms. The normalized spacial score (nSPS) is 15.2. The molecule has 0 fully saturated rings. The zero-order valence-corrected chi connectivity index (χ0v) is 23.3. The maximum atomic E-state index is 13.9. The molecular weight excluding hydrogens is 535 g/mol. The van der Waals surface area contributed by atoms with Crippen LogP contribution in [0.5, 0.6) is 0 Å². The van der Waals surface area contributed by atoms with E-state index in [1.165, 1.54) is 22.7 Å². The molecule has 0 saturated heterocycles. The molecule has 1 aliphatic rings. The minimum absolute atomic E-state index is 0.147. The van der Waals surface area contributed by atoms with Crippen LogP contribution in [-0.2, 0) is 26.0 Å². The topological polar surface area (TPSA) is 119 Å².